The molecule has 0 unspecified atom stereocenters. The van der Waals surface area contributed by atoms with Gasteiger partial charge in [0, 0.05) is 39.4 Å². The maximum absolute atomic E-state index is 6.55. The molecule has 0 bridgehead atoms. The lowest BCUT2D eigenvalue weighted by Gasteiger charge is -2.35. The van der Waals surface area contributed by atoms with Gasteiger partial charge in [0.15, 0.2) is 17.5 Å². The number of aromatic nitrogens is 5. The van der Waals surface area contributed by atoms with Crippen LogP contribution in [0.2, 0.25) is 0 Å². The number of nitrogens with zero attached hydrogens (tertiary/aromatic N) is 5. The molecule has 252 valence electrons. The molecule has 6 aromatic carbocycles. The van der Waals surface area contributed by atoms with Gasteiger partial charge >= 0.3 is 0 Å². The number of fused-ring (bicyclic) bond motifs is 6. The van der Waals surface area contributed by atoms with E-state index < -0.39 is 5.60 Å². The van der Waals surface area contributed by atoms with Gasteiger partial charge in [-0.2, -0.15) is 0 Å². The Kier molecular flexibility index (Phi) is 7.01. The minimum Gasteiger partial charge on any atom is -0.482 e. The minimum absolute atomic E-state index is 0.426. The van der Waals surface area contributed by atoms with E-state index in [4.69, 9.17) is 24.1 Å². The van der Waals surface area contributed by atoms with Crippen molar-refractivity contribution in [3.63, 3.8) is 0 Å². The van der Waals surface area contributed by atoms with Gasteiger partial charge in [-0.05, 0) is 59.9 Å². The minimum atomic E-state index is -0.426. The second-order valence-electron chi connectivity index (χ2n) is 13.8. The van der Waals surface area contributed by atoms with Crippen LogP contribution < -0.4 is 4.74 Å². The summed E-state index contributed by atoms with van der Waals surface area (Å²) < 4.78 is 12.6. The van der Waals surface area contributed by atoms with Gasteiger partial charge in [-0.3, -0.25) is 0 Å². The van der Waals surface area contributed by atoms with Gasteiger partial charge in [-0.15, -0.1) is 0 Å². The molecule has 3 aromatic heterocycles. The topological polar surface area (TPSA) is 86.8 Å². The van der Waals surface area contributed by atoms with Crippen LogP contribution in [0.4, 0.5) is 0 Å². The molecule has 10 rings (SSSR count). The van der Waals surface area contributed by atoms with E-state index in [1.54, 1.807) is 6.20 Å². The zero-order valence-corrected chi connectivity index (χ0v) is 29.0. The molecular weight excluding hydrogens is 655 g/mol. The van der Waals surface area contributed by atoms with E-state index in [0.29, 0.717) is 28.8 Å². The van der Waals surface area contributed by atoms with Crippen molar-refractivity contribution in [3.05, 3.63) is 158 Å². The first-order valence-electron chi connectivity index (χ1n) is 17.6. The number of furan rings is 1. The lowest BCUT2D eigenvalue weighted by atomic mass is 9.85. The van der Waals surface area contributed by atoms with Crippen LogP contribution in [-0.2, 0) is 5.60 Å². The molecule has 1 aliphatic rings. The summed E-state index contributed by atoms with van der Waals surface area (Å²) in [6.45, 7) is 4.24. The van der Waals surface area contributed by atoms with Crippen molar-refractivity contribution in [3.8, 4) is 73.3 Å². The second kappa shape index (κ2) is 12.1. The van der Waals surface area contributed by atoms with E-state index in [9.17, 15) is 0 Å². The zero-order chi connectivity index (χ0) is 35.5. The molecule has 0 fully saturated rings. The van der Waals surface area contributed by atoms with Crippen molar-refractivity contribution in [1.82, 2.24) is 24.9 Å². The fourth-order valence-corrected chi connectivity index (χ4v) is 7.26. The Morgan fingerprint density at radius 2 is 1.08 bits per heavy atom. The third-order valence-electron chi connectivity index (χ3n) is 9.99. The van der Waals surface area contributed by atoms with Crippen LogP contribution in [0.3, 0.4) is 0 Å². The van der Waals surface area contributed by atoms with Crippen molar-refractivity contribution in [2.24, 2.45) is 0 Å². The van der Waals surface area contributed by atoms with E-state index in [0.717, 1.165) is 61.0 Å². The molecule has 1 aliphatic heterocycles. The first kappa shape index (κ1) is 30.8. The predicted octanol–water partition coefficient (Wildman–Crippen LogP) is 11.2. The summed E-state index contributed by atoms with van der Waals surface area (Å²) in [5.41, 5.74) is 11.3. The molecule has 0 saturated carbocycles. The van der Waals surface area contributed by atoms with Gasteiger partial charge in [0.2, 0.25) is 5.71 Å². The summed E-state index contributed by atoms with van der Waals surface area (Å²) >= 11 is 0. The summed E-state index contributed by atoms with van der Waals surface area (Å²) in [4.78, 5) is 23.5. The van der Waals surface area contributed by atoms with E-state index in [2.05, 4.69) is 127 Å². The summed E-state index contributed by atoms with van der Waals surface area (Å²) in [6.07, 6.45) is 3.26. The largest absolute Gasteiger partial charge is 0.482 e. The Balaban J connectivity index is 1.04. The van der Waals surface area contributed by atoms with Crippen LogP contribution >= 0.6 is 0 Å². The average molecular weight is 686 g/mol. The number of benzene rings is 6. The number of ether oxygens (including phenoxy) is 1. The Morgan fingerprint density at radius 1 is 0.491 bits per heavy atom. The quantitative estimate of drug-likeness (QED) is 0.178. The fourth-order valence-electron chi connectivity index (χ4n) is 7.26. The van der Waals surface area contributed by atoms with Crippen LogP contribution in [0.25, 0.3) is 89.6 Å². The van der Waals surface area contributed by atoms with Crippen molar-refractivity contribution in [1.29, 1.82) is 0 Å². The predicted molar refractivity (Wildman–Crippen MR) is 209 cm³/mol. The highest BCUT2D eigenvalue weighted by Gasteiger charge is 2.32. The first-order valence-corrected chi connectivity index (χ1v) is 17.6. The molecule has 4 heterocycles. The van der Waals surface area contributed by atoms with Crippen molar-refractivity contribution in [2.45, 2.75) is 19.4 Å². The third-order valence-corrected chi connectivity index (χ3v) is 9.99. The third kappa shape index (κ3) is 5.41. The van der Waals surface area contributed by atoms with E-state index in [1.165, 1.54) is 17.5 Å². The Hall–Kier alpha value is -6.99. The van der Waals surface area contributed by atoms with Gasteiger partial charge in [0.1, 0.15) is 23.3 Å². The normalized spacial score (nSPS) is 13.0. The van der Waals surface area contributed by atoms with Crippen LogP contribution in [0.1, 0.15) is 19.4 Å². The Labute approximate surface area is 305 Å². The van der Waals surface area contributed by atoms with Crippen molar-refractivity contribution in [2.75, 3.05) is 0 Å². The maximum atomic E-state index is 6.55. The number of hydrogen-bond donors (Lipinski definition) is 0. The van der Waals surface area contributed by atoms with Gasteiger partial charge < -0.3 is 9.15 Å². The highest BCUT2D eigenvalue weighted by atomic mass is 16.5. The van der Waals surface area contributed by atoms with Gasteiger partial charge in [0.25, 0.3) is 0 Å². The van der Waals surface area contributed by atoms with Crippen LogP contribution in [-0.4, -0.2) is 24.9 Å². The smallest absolute Gasteiger partial charge is 0.230 e. The molecule has 0 spiro atoms. The van der Waals surface area contributed by atoms with E-state index >= 15 is 0 Å². The monoisotopic (exact) mass is 685 g/mol. The summed E-state index contributed by atoms with van der Waals surface area (Å²) in [7, 11) is 0. The lowest BCUT2D eigenvalue weighted by molar-refractivity contribution is 0.106. The molecule has 0 amide bonds. The molecule has 0 atom stereocenters. The highest BCUT2D eigenvalue weighted by molar-refractivity contribution is 6.04. The van der Waals surface area contributed by atoms with Crippen LogP contribution in [0.5, 0.6) is 5.75 Å². The molecule has 0 saturated heterocycles. The molecule has 7 nitrogen and oxygen atoms in total. The summed E-state index contributed by atoms with van der Waals surface area (Å²) in [6, 6.07) is 47.9. The van der Waals surface area contributed by atoms with E-state index in [-0.39, 0.29) is 0 Å². The van der Waals surface area contributed by atoms with Crippen molar-refractivity contribution < 1.29 is 9.15 Å². The van der Waals surface area contributed by atoms with Gasteiger partial charge in [-0.25, -0.2) is 24.9 Å². The maximum Gasteiger partial charge on any atom is 0.230 e. The molecule has 9 aromatic rings. The SMILES string of the molecule is CC1(C)Oc2cc(-c3ccc(-c4nc(-c5ccc(-c6ccccc6)cc5)nc(-c5ccc6c(c5)oc5ncncc56)n4)cc3)ccc2-c2ccccc21. The Bertz CT molecular complexity index is 2830. The van der Waals surface area contributed by atoms with Crippen molar-refractivity contribution >= 4 is 22.1 Å². The molecule has 53 heavy (non-hydrogen) atoms. The van der Waals surface area contributed by atoms with Crippen LogP contribution in [0.15, 0.2) is 156 Å². The van der Waals surface area contributed by atoms with Gasteiger partial charge in [-0.1, -0.05) is 121 Å². The fraction of sp³-hybridized carbons (Fsp3) is 0.0652. The number of rotatable bonds is 5. The Morgan fingerprint density at radius 3 is 1.81 bits per heavy atom. The average Bonchev–Trinajstić information content (AvgIpc) is 3.59. The summed E-state index contributed by atoms with van der Waals surface area (Å²) in [5, 5.41) is 1.80. The van der Waals surface area contributed by atoms with E-state index in [1.807, 2.05) is 36.4 Å². The molecule has 0 N–H and O–H groups in total. The van der Waals surface area contributed by atoms with Gasteiger partial charge in [0.05, 0.1) is 5.39 Å². The molecule has 7 heteroatoms. The second-order valence-corrected chi connectivity index (χ2v) is 13.8. The number of hydrogen-bond acceptors (Lipinski definition) is 7. The molecular formula is C46H31N5O2. The van der Waals surface area contributed by atoms with Crippen LogP contribution in [0, 0.1) is 0 Å². The highest BCUT2D eigenvalue weighted by Crippen LogP contribution is 2.46. The lowest BCUT2D eigenvalue weighted by Crippen LogP contribution is -2.29. The molecule has 0 radical (unpaired) electrons. The first-order chi connectivity index (χ1) is 26.0. The zero-order valence-electron chi connectivity index (χ0n) is 29.0. The standard InChI is InChI=1S/C46H31N5O2/c1-46(2)39-11-7-6-10-35(39)36-22-20-33(24-41(36)53-46)30-14-18-32(19-15-30)43-49-42(31-16-12-29(13-17-31)28-8-4-3-5-9-28)50-44(51-43)34-21-23-37-38-26-47-27-48-45(38)52-40(37)25-34/h3-27H,1-2H3. The summed E-state index contributed by atoms with van der Waals surface area (Å²) in [5.74, 6) is 2.59. The molecule has 0 aliphatic carbocycles.